The number of hydrogen-bond donors (Lipinski definition) is 1. The van der Waals surface area contributed by atoms with E-state index in [0.29, 0.717) is 6.54 Å². The fraction of sp³-hybridized carbons (Fsp3) is 0.250. The Morgan fingerprint density at radius 3 is 2.44 bits per heavy atom. The van der Waals surface area contributed by atoms with Gasteiger partial charge in [-0.2, -0.15) is 0 Å². The van der Waals surface area contributed by atoms with Gasteiger partial charge in [0.2, 0.25) is 0 Å². The van der Waals surface area contributed by atoms with Crippen molar-refractivity contribution in [2.24, 2.45) is 5.73 Å². The van der Waals surface area contributed by atoms with Crippen LogP contribution in [-0.2, 0) is 12.3 Å². The molecular formula is C16H19NS. The van der Waals surface area contributed by atoms with Crippen molar-refractivity contribution in [3.8, 4) is 0 Å². The first-order chi connectivity index (χ1) is 8.70. The standard InChI is InChI=1S/C16H19NS/c1-12-5-3-4-6-16(12)18-11-15-8-7-14(10-17)9-13(15)2/h3-9H,10-11,17H2,1-2H3. The van der Waals surface area contributed by atoms with Crippen LogP contribution in [0.4, 0.5) is 0 Å². The van der Waals surface area contributed by atoms with Crippen LogP contribution in [0.5, 0.6) is 0 Å². The van der Waals surface area contributed by atoms with Crippen molar-refractivity contribution in [2.75, 3.05) is 0 Å². The molecule has 0 atom stereocenters. The molecule has 0 aliphatic rings. The van der Waals surface area contributed by atoms with Gasteiger partial charge in [-0.3, -0.25) is 0 Å². The lowest BCUT2D eigenvalue weighted by Gasteiger charge is -2.09. The highest BCUT2D eigenvalue weighted by atomic mass is 32.2. The number of aryl methyl sites for hydroxylation is 2. The Kier molecular flexibility index (Phi) is 4.45. The Balaban J connectivity index is 2.09. The Morgan fingerprint density at radius 1 is 1.00 bits per heavy atom. The van der Waals surface area contributed by atoms with E-state index in [4.69, 9.17) is 5.73 Å². The molecule has 2 rings (SSSR count). The molecule has 0 amide bonds. The Labute approximate surface area is 113 Å². The highest BCUT2D eigenvalue weighted by Crippen LogP contribution is 2.27. The van der Waals surface area contributed by atoms with Crippen molar-refractivity contribution in [1.82, 2.24) is 0 Å². The molecule has 18 heavy (non-hydrogen) atoms. The van der Waals surface area contributed by atoms with Crippen molar-refractivity contribution in [3.63, 3.8) is 0 Å². The predicted octanol–water partition coefficient (Wildman–Crippen LogP) is 4.05. The lowest BCUT2D eigenvalue weighted by atomic mass is 10.1. The van der Waals surface area contributed by atoms with Crippen molar-refractivity contribution in [1.29, 1.82) is 0 Å². The Bertz CT molecular complexity index is 534. The zero-order valence-electron chi connectivity index (χ0n) is 10.9. The molecule has 2 N–H and O–H groups in total. The summed E-state index contributed by atoms with van der Waals surface area (Å²) in [4.78, 5) is 1.36. The number of hydrogen-bond acceptors (Lipinski definition) is 2. The van der Waals surface area contributed by atoms with Crippen LogP contribution in [0, 0.1) is 13.8 Å². The lowest BCUT2D eigenvalue weighted by molar-refractivity contribution is 1.06. The zero-order valence-corrected chi connectivity index (χ0v) is 11.8. The molecule has 2 aromatic carbocycles. The van der Waals surface area contributed by atoms with Gasteiger partial charge in [0.1, 0.15) is 0 Å². The van der Waals surface area contributed by atoms with Gasteiger partial charge in [-0.15, -0.1) is 11.8 Å². The Morgan fingerprint density at radius 2 is 1.78 bits per heavy atom. The number of nitrogens with two attached hydrogens (primary N) is 1. The number of thioether (sulfide) groups is 1. The maximum atomic E-state index is 5.65. The van der Waals surface area contributed by atoms with E-state index in [2.05, 4.69) is 56.3 Å². The van der Waals surface area contributed by atoms with E-state index >= 15 is 0 Å². The topological polar surface area (TPSA) is 26.0 Å². The number of rotatable bonds is 4. The van der Waals surface area contributed by atoms with Crippen LogP contribution in [0.3, 0.4) is 0 Å². The molecule has 94 valence electrons. The van der Waals surface area contributed by atoms with Crippen LogP contribution in [0.15, 0.2) is 47.4 Å². The molecule has 1 nitrogen and oxygen atoms in total. The summed E-state index contributed by atoms with van der Waals surface area (Å²) in [6, 6.07) is 15.0. The monoisotopic (exact) mass is 257 g/mol. The molecule has 2 heteroatoms. The van der Waals surface area contributed by atoms with E-state index in [-0.39, 0.29) is 0 Å². The fourth-order valence-electron chi connectivity index (χ4n) is 1.92. The van der Waals surface area contributed by atoms with Gasteiger partial charge >= 0.3 is 0 Å². The summed E-state index contributed by atoms with van der Waals surface area (Å²) in [5.41, 5.74) is 10.9. The van der Waals surface area contributed by atoms with E-state index < -0.39 is 0 Å². The molecule has 0 saturated carbocycles. The SMILES string of the molecule is Cc1cc(CN)ccc1CSc1ccccc1C. The molecular weight excluding hydrogens is 238 g/mol. The van der Waals surface area contributed by atoms with E-state index in [9.17, 15) is 0 Å². The maximum Gasteiger partial charge on any atom is 0.0234 e. The van der Waals surface area contributed by atoms with E-state index in [0.717, 1.165) is 5.75 Å². The van der Waals surface area contributed by atoms with Gasteiger partial charge in [-0.05, 0) is 42.2 Å². The molecule has 0 saturated heterocycles. The lowest BCUT2D eigenvalue weighted by Crippen LogP contribution is -1.97. The highest BCUT2D eigenvalue weighted by molar-refractivity contribution is 7.98. The molecule has 2 aromatic rings. The first kappa shape index (κ1) is 13.2. The van der Waals surface area contributed by atoms with Gasteiger partial charge < -0.3 is 5.73 Å². The number of benzene rings is 2. The van der Waals surface area contributed by atoms with Crippen LogP contribution in [0.2, 0.25) is 0 Å². The van der Waals surface area contributed by atoms with Gasteiger partial charge in [0.25, 0.3) is 0 Å². The molecule has 0 unspecified atom stereocenters. The smallest absolute Gasteiger partial charge is 0.0234 e. The fourth-order valence-corrected chi connectivity index (χ4v) is 3.03. The third-order valence-corrected chi connectivity index (χ3v) is 4.34. The van der Waals surface area contributed by atoms with Gasteiger partial charge in [0, 0.05) is 17.2 Å². The van der Waals surface area contributed by atoms with Crippen molar-refractivity contribution in [3.05, 3.63) is 64.7 Å². The molecule has 0 aliphatic heterocycles. The second-order valence-electron chi connectivity index (χ2n) is 4.52. The third kappa shape index (κ3) is 3.15. The summed E-state index contributed by atoms with van der Waals surface area (Å²) < 4.78 is 0. The van der Waals surface area contributed by atoms with Crippen molar-refractivity contribution in [2.45, 2.75) is 31.0 Å². The summed E-state index contributed by atoms with van der Waals surface area (Å²) >= 11 is 1.90. The summed E-state index contributed by atoms with van der Waals surface area (Å²) in [5.74, 6) is 1.02. The van der Waals surface area contributed by atoms with Crippen molar-refractivity contribution < 1.29 is 0 Å². The molecule has 0 aromatic heterocycles. The molecule has 0 fully saturated rings. The van der Waals surface area contributed by atoms with Crippen LogP contribution >= 0.6 is 11.8 Å². The maximum absolute atomic E-state index is 5.65. The molecule has 0 aliphatic carbocycles. The Hall–Kier alpha value is -1.25. The van der Waals surface area contributed by atoms with Gasteiger partial charge in [-0.25, -0.2) is 0 Å². The van der Waals surface area contributed by atoms with Crippen LogP contribution in [0.25, 0.3) is 0 Å². The summed E-state index contributed by atoms with van der Waals surface area (Å²) in [7, 11) is 0. The first-order valence-electron chi connectivity index (χ1n) is 6.17. The summed E-state index contributed by atoms with van der Waals surface area (Å²) in [5, 5.41) is 0. The average molecular weight is 257 g/mol. The minimum atomic E-state index is 0.617. The van der Waals surface area contributed by atoms with E-state index in [1.807, 2.05) is 11.8 Å². The average Bonchev–Trinajstić information content (AvgIpc) is 2.39. The summed E-state index contributed by atoms with van der Waals surface area (Å²) in [6.07, 6.45) is 0. The van der Waals surface area contributed by atoms with Crippen molar-refractivity contribution >= 4 is 11.8 Å². The quantitative estimate of drug-likeness (QED) is 0.836. The molecule has 0 spiro atoms. The van der Waals surface area contributed by atoms with E-state index in [1.165, 1.54) is 27.1 Å². The van der Waals surface area contributed by atoms with E-state index in [1.54, 1.807) is 0 Å². The van der Waals surface area contributed by atoms with Gasteiger partial charge in [0.05, 0.1) is 0 Å². The highest BCUT2D eigenvalue weighted by Gasteiger charge is 2.02. The van der Waals surface area contributed by atoms with Crippen LogP contribution < -0.4 is 5.73 Å². The minimum Gasteiger partial charge on any atom is -0.326 e. The largest absolute Gasteiger partial charge is 0.326 e. The second-order valence-corrected chi connectivity index (χ2v) is 5.54. The minimum absolute atomic E-state index is 0.617. The predicted molar refractivity (Wildman–Crippen MR) is 79.8 cm³/mol. The molecule has 0 bridgehead atoms. The van der Waals surface area contributed by atoms with Crippen LogP contribution in [0.1, 0.15) is 22.3 Å². The summed E-state index contributed by atoms with van der Waals surface area (Å²) in [6.45, 7) is 4.94. The van der Waals surface area contributed by atoms with Gasteiger partial charge in [-0.1, -0.05) is 36.4 Å². The third-order valence-electron chi connectivity index (χ3n) is 3.12. The normalized spacial score (nSPS) is 10.6. The molecule has 0 heterocycles. The van der Waals surface area contributed by atoms with Crippen LogP contribution in [-0.4, -0.2) is 0 Å². The first-order valence-corrected chi connectivity index (χ1v) is 7.16. The second kappa shape index (κ2) is 6.07. The zero-order chi connectivity index (χ0) is 13.0. The molecule has 0 radical (unpaired) electrons. The van der Waals surface area contributed by atoms with Gasteiger partial charge in [0.15, 0.2) is 0 Å².